The van der Waals surface area contributed by atoms with E-state index in [1.807, 2.05) is 19.1 Å². The fraction of sp³-hybridized carbons (Fsp3) is 0.235. The molecule has 22 heavy (non-hydrogen) atoms. The standard InChI is InChI=1S/C17H18O4S/c1-13-8-6-7-11-15(13)21-12-16(22(2,19)20)17(18)14-9-4-3-5-10-14/h3-11,16H,12H2,1-2H3. The molecule has 0 aliphatic heterocycles. The van der Waals surface area contributed by atoms with Gasteiger partial charge in [-0.1, -0.05) is 48.5 Å². The molecule has 1 atom stereocenters. The number of ketones is 1. The number of para-hydroxylation sites is 1. The quantitative estimate of drug-likeness (QED) is 0.768. The SMILES string of the molecule is Cc1ccccc1OCC(C(=O)c1ccccc1)S(C)(=O)=O. The van der Waals surface area contributed by atoms with Crippen LogP contribution in [0.15, 0.2) is 54.6 Å². The van der Waals surface area contributed by atoms with Gasteiger partial charge < -0.3 is 4.74 Å². The van der Waals surface area contributed by atoms with Crippen molar-refractivity contribution in [2.45, 2.75) is 12.2 Å². The largest absolute Gasteiger partial charge is 0.491 e. The van der Waals surface area contributed by atoms with E-state index in [2.05, 4.69) is 0 Å². The van der Waals surface area contributed by atoms with Crippen LogP contribution in [0.5, 0.6) is 5.75 Å². The molecule has 0 heterocycles. The topological polar surface area (TPSA) is 60.4 Å². The van der Waals surface area contributed by atoms with Crippen LogP contribution < -0.4 is 4.74 Å². The predicted molar refractivity (Wildman–Crippen MR) is 86.1 cm³/mol. The molecule has 2 aromatic carbocycles. The summed E-state index contributed by atoms with van der Waals surface area (Å²) < 4.78 is 29.5. The van der Waals surface area contributed by atoms with E-state index < -0.39 is 20.9 Å². The number of hydrogen-bond acceptors (Lipinski definition) is 4. The van der Waals surface area contributed by atoms with E-state index in [1.54, 1.807) is 42.5 Å². The second-order valence-electron chi connectivity index (χ2n) is 5.12. The first-order valence-electron chi connectivity index (χ1n) is 6.86. The molecule has 116 valence electrons. The van der Waals surface area contributed by atoms with Crippen LogP contribution in [-0.4, -0.2) is 32.3 Å². The average Bonchev–Trinajstić information content (AvgIpc) is 2.48. The fourth-order valence-corrected chi connectivity index (χ4v) is 2.91. The van der Waals surface area contributed by atoms with Gasteiger partial charge in [0.05, 0.1) is 0 Å². The minimum atomic E-state index is -3.57. The third-order valence-corrected chi connectivity index (χ3v) is 4.74. The van der Waals surface area contributed by atoms with E-state index >= 15 is 0 Å². The minimum Gasteiger partial charge on any atom is -0.491 e. The number of sulfone groups is 1. The van der Waals surface area contributed by atoms with Crippen molar-refractivity contribution >= 4 is 15.6 Å². The minimum absolute atomic E-state index is 0.197. The van der Waals surface area contributed by atoms with Crippen LogP contribution in [0.4, 0.5) is 0 Å². The Morgan fingerprint density at radius 1 is 1.05 bits per heavy atom. The summed E-state index contributed by atoms with van der Waals surface area (Å²) in [7, 11) is -3.57. The van der Waals surface area contributed by atoms with Gasteiger partial charge in [-0.2, -0.15) is 0 Å². The maximum atomic E-state index is 12.4. The average molecular weight is 318 g/mol. The van der Waals surface area contributed by atoms with Gasteiger partial charge in [-0.15, -0.1) is 0 Å². The van der Waals surface area contributed by atoms with E-state index in [9.17, 15) is 13.2 Å². The molecule has 4 nitrogen and oxygen atoms in total. The van der Waals surface area contributed by atoms with Gasteiger partial charge in [0.25, 0.3) is 0 Å². The number of hydrogen-bond donors (Lipinski definition) is 0. The Hall–Kier alpha value is -2.14. The maximum absolute atomic E-state index is 12.4. The molecule has 0 bridgehead atoms. The third-order valence-electron chi connectivity index (χ3n) is 3.35. The summed E-state index contributed by atoms with van der Waals surface area (Å²) in [6.07, 6.45) is 1.06. The van der Waals surface area contributed by atoms with Crippen LogP contribution in [0.1, 0.15) is 15.9 Å². The van der Waals surface area contributed by atoms with E-state index in [0.717, 1.165) is 11.8 Å². The molecule has 0 aliphatic rings. The van der Waals surface area contributed by atoms with Crippen molar-refractivity contribution in [1.82, 2.24) is 0 Å². The van der Waals surface area contributed by atoms with Crippen molar-refractivity contribution in [1.29, 1.82) is 0 Å². The van der Waals surface area contributed by atoms with Crippen molar-refractivity contribution < 1.29 is 17.9 Å². The van der Waals surface area contributed by atoms with Gasteiger partial charge in [-0.3, -0.25) is 4.79 Å². The van der Waals surface area contributed by atoms with Gasteiger partial charge in [0.15, 0.2) is 20.9 Å². The fourth-order valence-electron chi connectivity index (χ4n) is 2.07. The second kappa shape index (κ2) is 6.75. The van der Waals surface area contributed by atoms with Crippen molar-refractivity contribution in [2.75, 3.05) is 12.9 Å². The van der Waals surface area contributed by atoms with Gasteiger partial charge in [0.1, 0.15) is 12.4 Å². The van der Waals surface area contributed by atoms with Crippen molar-refractivity contribution in [3.05, 3.63) is 65.7 Å². The Balaban J connectivity index is 2.22. The van der Waals surface area contributed by atoms with Crippen LogP contribution in [0.2, 0.25) is 0 Å². The summed E-state index contributed by atoms with van der Waals surface area (Å²) in [5, 5.41) is -1.21. The monoisotopic (exact) mass is 318 g/mol. The number of carbonyl (C=O) groups excluding carboxylic acids is 1. The van der Waals surface area contributed by atoms with Gasteiger partial charge in [0.2, 0.25) is 0 Å². The van der Waals surface area contributed by atoms with Crippen molar-refractivity contribution in [3.8, 4) is 5.75 Å². The third kappa shape index (κ3) is 3.95. The van der Waals surface area contributed by atoms with Gasteiger partial charge in [-0.05, 0) is 18.6 Å². The molecule has 2 aromatic rings. The smallest absolute Gasteiger partial charge is 0.184 e. The highest BCUT2D eigenvalue weighted by molar-refractivity contribution is 7.92. The zero-order chi connectivity index (χ0) is 16.2. The summed E-state index contributed by atoms with van der Waals surface area (Å²) in [5.41, 5.74) is 1.26. The molecule has 0 amide bonds. The summed E-state index contributed by atoms with van der Waals surface area (Å²) in [6, 6.07) is 15.7. The Bertz CT molecular complexity index is 751. The number of ether oxygens (including phenoxy) is 1. The Morgan fingerprint density at radius 3 is 2.23 bits per heavy atom. The van der Waals surface area contributed by atoms with Crippen molar-refractivity contribution in [2.24, 2.45) is 0 Å². The number of carbonyl (C=O) groups is 1. The molecule has 0 saturated heterocycles. The van der Waals surface area contributed by atoms with Gasteiger partial charge in [0, 0.05) is 11.8 Å². The summed E-state index contributed by atoms with van der Waals surface area (Å²) >= 11 is 0. The molecule has 2 rings (SSSR count). The summed E-state index contributed by atoms with van der Waals surface area (Å²) in [6.45, 7) is 1.67. The lowest BCUT2D eigenvalue weighted by atomic mass is 10.1. The molecule has 0 spiro atoms. The highest BCUT2D eigenvalue weighted by atomic mass is 32.2. The molecule has 0 N–H and O–H groups in total. The molecular weight excluding hydrogens is 300 g/mol. The number of aryl methyl sites for hydroxylation is 1. The van der Waals surface area contributed by atoms with E-state index in [1.165, 1.54) is 0 Å². The zero-order valence-corrected chi connectivity index (χ0v) is 13.3. The Labute approximate surface area is 130 Å². The molecule has 0 aromatic heterocycles. The molecule has 0 aliphatic carbocycles. The van der Waals surface area contributed by atoms with Crippen LogP contribution in [0, 0.1) is 6.92 Å². The lowest BCUT2D eigenvalue weighted by Gasteiger charge is -2.16. The van der Waals surface area contributed by atoms with E-state index in [-0.39, 0.29) is 6.61 Å². The van der Waals surface area contributed by atoms with Crippen LogP contribution in [0.3, 0.4) is 0 Å². The summed E-state index contributed by atoms with van der Waals surface area (Å²) in [5.74, 6) is 0.133. The molecule has 0 saturated carbocycles. The molecule has 1 unspecified atom stereocenters. The van der Waals surface area contributed by atoms with E-state index in [4.69, 9.17) is 4.74 Å². The molecule has 5 heteroatoms. The molecule has 0 fully saturated rings. The first-order chi connectivity index (χ1) is 10.4. The number of Topliss-reactive ketones (excluding diaryl/α,β-unsaturated/α-hetero) is 1. The van der Waals surface area contributed by atoms with Crippen molar-refractivity contribution in [3.63, 3.8) is 0 Å². The number of rotatable bonds is 6. The maximum Gasteiger partial charge on any atom is 0.184 e. The Morgan fingerprint density at radius 2 is 1.64 bits per heavy atom. The van der Waals surface area contributed by atoms with Crippen LogP contribution in [0.25, 0.3) is 0 Å². The van der Waals surface area contributed by atoms with Gasteiger partial charge in [-0.25, -0.2) is 8.42 Å². The molecule has 0 radical (unpaired) electrons. The molecular formula is C17H18O4S. The first kappa shape index (κ1) is 16.2. The number of benzene rings is 2. The Kier molecular flexibility index (Phi) is 4.98. The predicted octanol–water partition coefficient (Wildman–Crippen LogP) is 2.67. The van der Waals surface area contributed by atoms with Crippen LogP contribution in [-0.2, 0) is 9.84 Å². The van der Waals surface area contributed by atoms with E-state index in [0.29, 0.717) is 11.3 Å². The van der Waals surface area contributed by atoms with Gasteiger partial charge >= 0.3 is 0 Å². The zero-order valence-electron chi connectivity index (χ0n) is 12.5. The normalized spacial score (nSPS) is 12.6. The second-order valence-corrected chi connectivity index (χ2v) is 7.35. The first-order valence-corrected chi connectivity index (χ1v) is 8.81. The summed E-state index contributed by atoms with van der Waals surface area (Å²) in [4.78, 5) is 12.4. The highest BCUT2D eigenvalue weighted by Crippen LogP contribution is 2.18. The highest BCUT2D eigenvalue weighted by Gasteiger charge is 2.30. The lowest BCUT2D eigenvalue weighted by Crippen LogP contribution is -2.35. The van der Waals surface area contributed by atoms with Crippen LogP contribution >= 0.6 is 0 Å². The lowest BCUT2D eigenvalue weighted by molar-refractivity contribution is 0.0967.